The molecular weight excluding hydrogens is 282 g/mol. The maximum absolute atomic E-state index is 12.8. The molecule has 0 aliphatic heterocycles. The van der Waals surface area contributed by atoms with Gasteiger partial charge in [0.1, 0.15) is 0 Å². The van der Waals surface area contributed by atoms with Gasteiger partial charge in [0.2, 0.25) is 0 Å². The van der Waals surface area contributed by atoms with Crippen molar-refractivity contribution in [3.63, 3.8) is 0 Å². The lowest BCUT2D eigenvalue weighted by Gasteiger charge is -2.19. The second-order valence-corrected chi connectivity index (χ2v) is 6.05. The van der Waals surface area contributed by atoms with E-state index in [0.29, 0.717) is 0 Å². The molecule has 0 saturated heterocycles. The summed E-state index contributed by atoms with van der Waals surface area (Å²) < 4.78 is 2.27. The van der Waals surface area contributed by atoms with Gasteiger partial charge in [-0.05, 0) is 44.0 Å². The Kier molecular flexibility index (Phi) is 4.61. The first kappa shape index (κ1) is 15.5. The number of nitrogens with zero attached hydrogens (tertiary/aromatic N) is 1. The molecule has 3 rings (SSSR count). The predicted octanol–water partition coefficient (Wildman–Crippen LogP) is 5.03. The average molecular weight is 305 g/mol. The number of hydrogen-bond acceptors (Lipinski definition) is 1. The molecule has 23 heavy (non-hydrogen) atoms. The summed E-state index contributed by atoms with van der Waals surface area (Å²) in [7, 11) is 0. The number of fused-ring (bicyclic) bond motifs is 1. The Hall–Kier alpha value is -2.35. The molecule has 0 radical (unpaired) electrons. The number of hydrogen-bond donors (Lipinski definition) is 0. The quantitative estimate of drug-likeness (QED) is 0.606. The van der Waals surface area contributed by atoms with Crippen LogP contribution in [0.3, 0.4) is 0 Å². The van der Waals surface area contributed by atoms with E-state index in [0.717, 1.165) is 40.7 Å². The maximum atomic E-state index is 12.8. The lowest BCUT2D eigenvalue weighted by molar-refractivity contribution is 0.695. The van der Waals surface area contributed by atoms with Crippen molar-refractivity contribution < 1.29 is 0 Å². The van der Waals surface area contributed by atoms with Gasteiger partial charge in [0, 0.05) is 22.3 Å². The van der Waals surface area contributed by atoms with Crippen LogP contribution in [0.25, 0.3) is 16.6 Å². The first-order chi connectivity index (χ1) is 11.2. The largest absolute Gasteiger partial charge is 0.313 e. The molecule has 0 fully saturated rings. The van der Waals surface area contributed by atoms with Crippen LogP contribution in [-0.4, -0.2) is 4.57 Å². The Labute approximate surface area is 137 Å². The summed E-state index contributed by atoms with van der Waals surface area (Å²) in [5.74, 6) is 0. The van der Waals surface area contributed by atoms with Gasteiger partial charge in [0.05, 0.1) is 5.52 Å². The van der Waals surface area contributed by atoms with E-state index in [4.69, 9.17) is 0 Å². The first-order valence-corrected chi connectivity index (χ1v) is 8.42. The monoisotopic (exact) mass is 305 g/mol. The number of unbranched alkanes of at least 4 members (excludes halogenated alkanes) is 2. The topological polar surface area (TPSA) is 22.0 Å². The SMILES string of the molecule is CCCCCc1c(C)c(=O)c2ccccc2n1-c1ccccc1. The van der Waals surface area contributed by atoms with Gasteiger partial charge < -0.3 is 4.57 Å². The lowest BCUT2D eigenvalue weighted by atomic mass is 10.0. The highest BCUT2D eigenvalue weighted by Crippen LogP contribution is 2.23. The van der Waals surface area contributed by atoms with Crippen molar-refractivity contribution in [2.45, 2.75) is 39.5 Å². The summed E-state index contributed by atoms with van der Waals surface area (Å²) in [4.78, 5) is 12.8. The summed E-state index contributed by atoms with van der Waals surface area (Å²) in [6, 6.07) is 18.3. The van der Waals surface area contributed by atoms with E-state index in [1.807, 2.05) is 49.4 Å². The molecule has 2 aromatic carbocycles. The molecule has 0 N–H and O–H groups in total. The van der Waals surface area contributed by atoms with E-state index >= 15 is 0 Å². The zero-order valence-electron chi connectivity index (χ0n) is 13.9. The summed E-state index contributed by atoms with van der Waals surface area (Å²) in [6.45, 7) is 4.17. The summed E-state index contributed by atoms with van der Waals surface area (Å²) in [6.07, 6.45) is 4.42. The van der Waals surface area contributed by atoms with E-state index in [9.17, 15) is 4.79 Å². The molecule has 0 aliphatic rings. The minimum atomic E-state index is 0.166. The minimum absolute atomic E-state index is 0.166. The van der Waals surface area contributed by atoms with Crippen LogP contribution in [0.2, 0.25) is 0 Å². The lowest BCUT2D eigenvalue weighted by Crippen LogP contribution is -2.17. The fourth-order valence-corrected chi connectivity index (χ4v) is 3.22. The van der Waals surface area contributed by atoms with Crippen molar-refractivity contribution in [1.29, 1.82) is 0 Å². The third-order valence-electron chi connectivity index (χ3n) is 4.46. The molecule has 1 aromatic heterocycles. The van der Waals surface area contributed by atoms with Gasteiger partial charge in [-0.2, -0.15) is 0 Å². The molecular formula is C21H23NO. The van der Waals surface area contributed by atoms with Crippen LogP contribution in [0.5, 0.6) is 0 Å². The molecule has 2 nitrogen and oxygen atoms in total. The zero-order valence-corrected chi connectivity index (χ0v) is 13.9. The molecule has 118 valence electrons. The fraction of sp³-hybridized carbons (Fsp3) is 0.286. The fourth-order valence-electron chi connectivity index (χ4n) is 3.22. The second kappa shape index (κ2) is 6.82. The van der Waals surface area contributed by atoms with Gasteiger partial charge in [0.15, 0.2) is 5.43 Å². The Morgan fingerprint density at radius 2 is 1.61 bits per heavy atom. The van der Waals surface area contributed by atoms with Crippen LogP contribution in [-0.2, 0) is 6.42 Å². The van der Waals surface area contributed by atoms with Gasteiger partial charge >= 0.3 is 0 Å². The van der Waals surface area contributed by atoms with Gasteiger partial charge in [0.25, 0.3) is 0 Å². The molecule has 0 saturated carbocycles. The first-order valence-electron chi connectivity index (χ1n) is 8.42. The summed E-state index contributed by atoms with van der Waals surface area (Å²) >= 11 is 0. The molecule has 1 heterocycles. The zero-order chi connectivity index (χ0) is 16.2. The highest BCUT2D eigenvalue weighted by atomic mass is 16.1. The van der Waals surface area contributed by atoms with Crippen LogP contribution in [0.15, 0.2) is 59.4 Å². The van der Waals surface area contributed by atoms with Gasteiger partial charge in [-0.3, -0.25) is 4.79 Å². The molecule has 0 spiro atoms. The third kappa shape index (κ3) is 2.94. The Balaban J connectivity index is 2.30. The third-order valence-corrected chi connectivity index (χ3v) is 4.46. The van der Waals surface area contributed by atoms with Crippen LogP contribution < -0.4 is 5.43 Å². The van der Waals surface area contributed by atoms with E-state index in [1.165, 1.54) is 12.8 Å². The van der Waals surface area contributed by atoms with E-state index < -0.39 is 0 Å². The van der Waals surface area contributed by atoms with Crippen LogP contribution in [0.4, 0.5) is 0 Å². The Morgan fingerprint density at radius 3 is 2.35 bits per heavy atom. The second-order valence-electron chi connectivity index (χ2n) is 6.05. The molecule has 0 unspecified atom stereocenters. The molecule has 0 bridgehead atoms. The van der Waals surface area contributed by atoms with Gasteiger partial charge in [-0.25, -0.2) is 0 Å². The van der Waals surface area contributed by atoms with Crippen molar-refractivity contribution >= 4 is 10.9 Å². The molecule has 0 amide bonds. The van der Waals surface area contributed by atoms with E-state index in [-0.39, 0.29) is 5.43 Å². The van der Waals surface area contributed by atoms with Crippen molar-refractivity contribution in [2.24, 2.45) is 0 Å². The van der Waals surface area contributed by atoms with Gasteiger partial charge in [-0.15, -0.1) is 0 Å². The highest BCUT2D eigenvalue weighted by molar-refractivity contribution is 5.82. The molecule has 0 aliphatic carbocycles. The van der Waals surface area contributed by atoms with Crippen molar-refractivity contribution in [3.8, 4) is 5.69 Å². The normalized spacial score (nSPS) is 11.0. The maximum Gasteiger partial charge on any atom is 0.192 e. The predicted molar refractivity (Wildman–Crippen MR) is 97.5 cm³/mol. The standard InChI is InChI=1S/C21H23NO/c1-3-4-6-14-19-16(2)21(23)18-13-9-10-15-20(18)22(19)17-11-7-5-8-12-17/h5,7-13,15H,3-4,6,14H2,1-2H3. The van der Waals surface area contributed by atoms with Gasteiger partial charge in [-0.1, -0.05) is 50.1 Å². The number of pyridine rings is 1. The Bertz CT molecular complexity index is 862. The van der Waals surface area contributed by atoms with Crippen molar-refractivity contribution in [3.05, 3.63) is 76.1 Å². The van der Waals surface area contributed by atoms with Crippen LogP contribution >= 0.6 is 0 Å². The number of aromatic nitrogens is 1. The molecule has 3 aromatic rings. The summed E-state index contributed by atoms with van der Waals surface area (Å²) in [5, 5.41) is 0.799. The van der Waals surface area contributed by atoms with E-state index in [1.54, 1.807) is 0 Å². The molecule has 2 heteroatoms. The highest BCUT2D eigenvalue weighted by Gasteiger charge is 2.14. The van der Waals surface area contributed by atoms with E-state index in [2.05, 4.69) is 23.6 Å². The number of benzene rings is 2. The van der Waals surface area contributed by atoms with Crippen molar-refractivity contribution in [1.82, 2.24) is 4.57 Å². The number of para-hydroxylation sites is 2. The van der Waals surface area contributed by atoms with Crippen LogP contribution in [0, 0.1) is 6.92 Å². The average Bonchev–Trinajstić information content (AvgIpc) is 2.60. The minimum Gasteiger partial charge on any atom is -0.313 e. The smallest absolute Gasteiger partial charge is 0.192 e. The Morgan fingerprint density at radius 1 is 0.913 bits per heavy atom. The summed E-state index contributed by atoms with van der Waals surface area (Å²) in [5.41, 5.74) is 4.32. The van der Waals surface area contributed by atoms with Crippen LogP contribution in [0.1, 0.15) is 37.4 Å². The number of rotatable bonds is 5. The van der Waals surface area contributed by atoms with Crippen molar-refractivity contribution in [2.75, 3.05) is 0 Å². The molecule has 0 atom stereocenters.